The van der Waals surface area contributed by atoms with Gasteiger partial charge in [0.25, 0.3) is 0 Å². The van der Waals surface area contributed by atoms with Gasteiger partial charge < -0.3 is 4.90 Å². The molecule has 7 nitrogen and oxygen atoms in total. The van der Waals surface area contributed by atoms with Crippen LogP contribution in [0.3, 0.4) is 0 Å². The Labute approximate surface area is 170 Å². The summed E-state index contributed by atoms with van der Waals surface area (Å²) in [4.78, 5) is 15.4. The van der Waals surface area contributed by atoms with Crippen LogP contribution in [0.2, 0.25) is 0 Å². The molecule has 9 heteroatoms. The molecule has 2 aromatic rings. The van der Waals surface area contributed by atoms with Gasteiger partial charge in [0.2, 0.25) is 15.9 Å². The van der Waals surface area contributed by atoms with Crippen molar-refractivity contribution in [3.8, 4) is 0 Å². The van der Waals surface area contributed by atoms with E-state index in [1.165, 1.54) is 10.7 Å². The molecule has 1 aromatic heterocycles. The molecule has 0 saturated carbocycles. The first kappa shape index (κ1) is 19.7. The lowest BCUT2D eigenvalue weighted by Gasteiger charge is -2.40. The number of hydrogen-bond acceptors (Lipinski definition) is 6. The van der Waals surface area contributed by atoms with Gasteiger partial charge in [-0.3, -0.25) is 4.79 Å². The summed E-state index contributed by atoms with van der Waals surface area (Å²) in [5.74, 6) is -0.136. The highest BCUT2D eigenvalue weighted by atomic mass is 32.2. The molecule has 2 aliphatic heterocycles. The van der Waals surface area contributed by atoms with E-state index in [1.807, 2.05) is 4.90 Å². The Balaban J connectivity index is 1.56. The largest absolute Gasteiger partial charge is 0.339 e. The van der Waals surface area contributed by atoms with Gasteiger partial charge in [-0.15, -0.1) is 0 Å². The Morgan fingerprint density at radius 1 is 1.18 bits per heavy atom. The SMILES string of the molecule is CC[C@@H]1CCCCN1C(=O)[C@H]1CCCN(S(=O)(=O)c2cccc3nsnc23)C1. The van der Waals surface area contributed by atoms with Crippen molar-refractivity contribution in [2.75, 3.05) is 19.6 Å². The van der Waals surface area contributed by atoms with Gasteiger partial charge in [-0.25, -0.2) is 8.42 Å². The molecule has 4 rings (SSSR count). The maximum atomic E-state index is 13.3. The molecule has 2 saturated heterocycles. The summed E-state index contributed by atoms with van der Waals surface area (Å²) in [5, 5.41) is 0. The minimum atomic E-state index is -3.71. The van der Waals surface area contributed by atoms with Gasteiger partial charge in [0.1, 0.15) is 15.9 Å². The molecular weight excluding hydrogens is 396 g/mol. The van der Waals surface area contributed by atoms with Crippen molar-refractivity contribution in [1.29, 1.82) is 0 Å². The number of aromatic nitrogens is 2. The fourth-order valence-corrected chi connectivity index (χ4v) is 6.72. The predicted molar refractivity (Wildman–Crippen MR) is 109 cm³/mol. The topological polar surface area (TPSA) is 83.5 Å². The normalized spacial score (nSPS) is 24.5. The number of benzene rings is 1. The van der Waals surface area contributed by atoms with Gasteiger partial charge in [-0.1, -0.05) is 13.0 Å². The molecule has 1 amide bonds. The fourth-order valence-electron chi connectivity index (χ4n) is 4.44. The molecule has 3 heterocycles. The average Bonchev–Trinajstić information content (AvgIpc) is 3.22. The van der Waals surface area contributed by atoms with Gasteiger partial charge in [0.15, 0.2) is 0 Å². The van der Waals surface area contributed by atoms with Crippen molar-refractivity contribution in [3.05, 3.63) is 18.2 Å². The second-order valence-electron chi connectivity index (χ2n) is 7.68. The second kappa shape index (κ2) is 8.04. The first-order valence-corrected chi connectivity index (χ1v) is 12.2. The molecule has 0 radical (unpaired) electrons. The summed E-state index contributed by atoms with van der Waals surface area (Å²) in [6, 6.07) is 5.34. The lowest BCUT2D eigenvalue weighted by atomic mass is 9.93. The molecule has 1 aromatic carbocycles. The zero-order valence-corrected chi connectivity index (χ0v) is 17.7. The van der Waals surface area contributed by atoms with Crippen LogP contribution in [0.4, 0.5) is 0 Å². The highest BCUT2D eigenvalue weighted by Gasteiger charge is 2.37. The van der Waals surface area contributed by atoms with Crippen molar-refractivity contribution < 1.29 is 13.2 Å². The molecule has 0 aliphatic carbocycles. The van der Waals surface area contributed by atoms with Gasteiger partial charge in [-0.05, 0) is 50.7 Å². The smallest absolute Gasteiger partial charge is 0.245 e. The first-order valence-electron chi connectivity index (χ1n) is 10.0. The molecule has 28 heavy (non-hydrogen) atoms. The number of carbonyl (C=O) groups excluding carboxylic acids is 1. The summed E-state index contributed by atoms with van der Waals surface area (Å²) in [5.41, 5.74) is 1.01. The maximum absolute atomic E-state index is 13.3. The van der Waals surface area contributed by atoms with Crippen LogP contribution in [-0.4, -0.2) is 58.0 Å². The number of rotatable bonds is 4. The van der Waals surface area contributed by atoms with Crippen LogP contribution in [0.1, 0.15) is 45.4 Å². The Kier molecular flexibility index (Phi) is 5.66. The Morgan fingerprint density at radius 3 is 2.86 bits per heavy atom. The third kappa shape index (κ3) is 3.55. The number of hydrogen-bond donors (Lipinski definition) is 0. The average molecular weight is 423 g/mol. The maximum Gasteiger partial charge on any atom is 0.245 e. The van der Waals surface area contributed by atoms with E-state index in [4.69, 9.17) is 0 Å². The van der Waals surface area contributed by atoms with Crippen LogP contribution in [0.5, 0.6) is 0 Å². The van der Waals surface area contributed by atoms with E-state index in [0.717, 1.165) is 44.0 Å². The highest BCUT2D eigenvalue weighted by molar-refractivity contribution is 7.89. The van der Waals surface area contributed by atoms with E-state index in [9.17, 15) is 13.2 Å². The van der Waals surface area contributed by atoms with Crippen molar-refractivity contribution >= 4 is 38.7 Å². The van der Waals surface area contributed by atoms with Gasteiger partial charge in [0.05, 0.1) is 17.6 Å². The molecule has 0 N–H and O–H groups in total. The van der Waals surface area contributed by atoms with Crippen LogP contribution >= 0.6 is 11.7 Å². The van der Waals surface area contributed by atoms with Crippen LogP contribution in [0.25, 0.3) is 11.0 Å². The van der Waals surface area contributed by atoms with E-state index < -0.39 is 10.0 Å². The third-order valence-electron chi connectivity index (χ3n) is 5.98. The molecule has 2 aliphatic rings. The standard InChI is InChI=1S/C19H26N4O3S2/c1-2-15-8-3-4-12-23(15)19(24)14-7-6-11-22(13-14)28(25,26)17-10-5-9-16-18(17)21-27-20-16/h5,9-10,14-15H,2-4,6-8,11-13H2,1H3/t14-,15+/m0/s1. The lowest BCUT2D eigenvalue weighted by Crippen LogP contribution is -2.50. The Hall–Kier alpha value is -1.58. The summed E-state index contributed by atoms with van der Waals surface area (Å²) < 4.78 is 36.4. The predicted octanol–water partition coefficient (Wildman–Crippen LogP) is 2.88. The van der Waals surface area contributed by atoms with Crippen LogP contribution < -0.4 is 0 Å². The van der Waals surface area contributed by atoms with Crippen molar-refractivity contribution in [2.24, 2.45) is 5.92 Å². The van der Waals surface area contributed by atoms with Crippen LogP contribution in [0.15, 0.2) is 23.1 Å². The summed E-state index contributed by atoms with van der Waals surface area (Å²) >= 11 is 1.01. The van der Waals surface area contributed by atoms with Crippen LogP contribution in [0, 0.1) is 5.92 Å². The molecule has 152 valence electrons. The second-order valence-corrected chi connectivity index (χ2v) is 10.1. The lowest BCUT2D eigenvalue weighted by molar-refractivity contribution is -0.140. The van der Waals surface area contributed by atoms with Gasteiger partial charge in [-0.2, -0.15) is 13.1 Å². The third-order valence-corrected chi connectivity index (χ3v) is 8.42. The van der Waals surface area contributed by atoms with E-state index in [1.54, 1.807) is 18.2 Å². The summed E-state index contributed by atoms with van der Waals surface area (Å²) in [6.45, 7) is 3.61. The van der Waals surface area contributed by atoms with Crippen molar-refractivity contribution in [2.45, 2.75) is 56.4 Å². The number of amides is 1. The number of likely N-dealkylation sites (tertiary alicyclic amines) is 1. The van der Waals surface area contributed by atoms with Crippen molar-refractivity contribution in [3.63, 3.8) is 0 Å². The highest BCUT2D eigenvalue weighted by Crippen LogP contribution is 2.30. The molecule has 2 fully saturated rings. The quantitative estimate of drug-likeness (QED) is 0.756. The van der Waals surface area contributed by atoms with E-state index in [2.05, 4.69) is 15.7 Å². The number of fused-ring (bicyclic) bond motifs is 1. The van der Waals surface area contributed by atoms with Gasteiger partial charge in [0, 0.05) is 25.7 Å². The number of piperidine rings is 2. The zero-order chi connectivity index (χ0) is 19.7. The Morgan fingerprint density at radius 2 is 2.04 bits per heavy atom. The molecule has 0 spiro atoms. The van der Waals surface area contributed by atoms with Gasteiger partial charge >= 0.3 is 0 Å². The molecule has 0 bridgehead atoms. The summed E-state index contributed by atoms with van der Waals surface area (Å²) in [7, 11) is -3.71. The minimum absolute atomic E-state index is 0.125. The zero-order valence-electron chi connectivity index (χ0n) is 16.1. The summed E-state index contributed by atoms with van der Waals surface area (Å²) in [6.07, 6.45) is 5.66. The molecule has 2 atom stereocenters. The molecule has 0 unspecified atom stereocenters. The molecular formula is C19H26N4O3S2. The van der Waals surface area contributed by atoms with Crippen molar-refractivity contribution in [1.82, 2.24) is 18.0 Å². The van der Waals surface area contributed by atoms with Crippen LogP contribution in [-0.2, 0) is 14.8 Å². The first-order chi connectivity index (χ1) is 13.5. The number of carbonyl (C=O) groups is 1. The monoisotopic (exact) mass is 422 g/mol. The number of sulfonamides is 1. The number of nitrogens with zero attached hydrogens (tertiary/aromatic N) is 4. The van der Waals surface area contributed by atoms with E-state index >= 15 is 0 Å². The fraction of sp³-hybridized carbons (Fsp3) is 0.632. The van der Waals surface area contributed by atoms with E-state index in [-0.39, 0.29) is 23.3 Å². The minimum Gasteiger partial charge on any atom is -0.339 e. The van der Waals surface area contributed by atoms with E-state index in [0.29, 0.717) is 30.0 Å². The Bertz CT molecular complexity index is 959.